The molecule has 5 heteroatoms. The molecule has 120 valence electrons. The molecule has 0 fully saturated rings. The Bertz CT molecular complexity index is 584. The van der Waals surface area contributed by atoms with E-state index < -0.39 is 5.97 Å². The van der Waals surface area contributed by atoms with Gasteiger partial charge in [-0.2, -0.15) is 0 Å². The van der Waals surface area contributed by atoms with E-state index in [0.29, 0.717) is 0 Å². The van der Waals surface area contributed by atoms with Crippen molar-refractivity contribution >= 4 is 17.6 Å². The Morgan fingerprint density at radius 1 is 1.36 bits per heavy atom. The summed E-state index contributed by atoms with van der Waals surface area (Å²) < 4.78 is 0. The molecular formula is C17H24N2O3. The number of nitrogens with zero attached hydrogens (tertiary/aromatic N) is 1. The van der Waals surface area contributed by atoms with E-state index in [2.05, 4.69) is 17.3 Å². The lowest BCUT2D eigenvalue weighted by Gasteiger charge is -2.31. The minimum absolute atomic E-state index is 0.0177. The molecule has 1 aromatic rings. The van der Waals surface area contributed by atoms with Gasteiger partial charge < -0.3 is 15.3 Å². The van der Waals surface area contributed by atoms with Crippen molar-refractivity contribution in [3.05, 3.63) is 28.8 Å². The number of hydrogen-bond acceptors (Lipinski definition) is 3. The summed E-state index contributed by atoms with van der Waals surface area (Å²) in [5, 5.41) is 12.0. The summed E-state index contributed by atoms with van der Waals surface area (Å²) in [7, 11) is 2.07. The van der Waals surface area contributed by atoms with E-state index in [1.54, 1.807) is 0 Å². The van der Waals surface area contributed by atoms with Crippen molar-refractivity contribution in [2.24, 2.45) is 0 Å². The molecular weight excluding hydrogens is 280 g/mol. The predicted octanol–water partition coefficient (Wildman–Crippen LogP) is 2.60. The molecule has 1 unspecified atom stereocenters. The molecule has 1 heterocycles. The van der Waals surface area contributed by atoms with Crippen LogP contribution in [0.15, 0.2) is 12.1 Å². The van der Waals surface area contributed by atoms with Gasteiger partial charge in [0.1, 0.15) is 0 Å². The number of anilines is 1. The Balaban J connectivity index is 2.46. The number of rotatable bonds is 5. The van der Waals surface area contributed by atoms with Gasteiger partial charge in [0, 0.05) is 25.7 Å². The van der Waals surface area contributed by atoms with Crippen molar-refractivity contribution in [2.45, 2.75) is 45.6 Å². The maximum atomic E-state index is 11.4. The summed E-state index contributed by atoms with van der Waals surface area (Å²) in [6.07, 6.45) is 1.81. The number of hydrogen-bond donors (Lipinski definition) is 2. The van der Waals surface area contributed by atoms with Crippen LogP contribution in [0.2, 0.25) is 0 Å². The van der Waals surface area contributed by atoms with Gasteiger partial charge in [-0.05, 0) is 48.6 Å². The molecule has 1 aliphatic rings. The number of amides is 1. The van der Waals surface area contributed by atoms with Crippen LogP contribution in [0.1, 0.15) is 49.3 Å². The first-order valence-corrected chi connectivity index (χ1v) is 7.75. The van der Waals surface area contributed by atoms with Gasteiger partial charge in [-0.1, -0.05) is 13.0 Å². The third kappa shape index (κ3) is 3.65. The lowest BCUT2D eigenvalue weighted by Crippen LogP contribution is -2.29. The third-order valence-electron chi connectivity index (χ3n) is 4.30. The Morgan fingerprint density at radius 3 is 2.68 bits per heavy atom. The quantitative estimate of drug-likeness (QED) is 0.877. The maximum Gasteiger partial charge on any atom is 0.303 e. The van der Waals surface area contributed by atoms with Crippen LogP contribution < -0.4 is 5.32 Å². The third-order valence-corrected chi connectivity index (χ3v) is 4.30. The molecule has 2 rings (SSSR count). The number of carbonyl (C=O) groups excluding carboxylic acids is 1. The molecule has 1 aromatic carbocycles. The molecule has 0 radical (unpaired) electrons. The van der Waals surface area contributed by atoms with E-state index >= 15 is 0 Å². The highest BCUT2D eigenvalue weighted by Gasteiger charge is 2.24. The Labute approximate surface area is 131 Å². The van der Waals surface area contributed by atoms with Crippen LogP contribution in [0.25, 0.3) is 0 Å². The Morgan fingerprint density at radius 2 is 2.09 bits per heavy atom. The van der Waals surface area contributed by atoms with E-state index in [-0.39, 0.29) is 18.2 Å². The number of likely N-dealkylation sites (N-methyl/N-ethyl adjacent to an activating group) is 1. The summed E-state index contributed by atoms with van der Waals surface area (Å²) in [4.78, 5) is 24.7. The van der Waals surface area contributed by atoms with Crippen molar-refractivity contribution in [1.29, 1.82) is 0 Å². The first-order valence-electron chi connectivity index (χ1n) is 7.75. The van der Waals surface area contributed by atoms with E-state index in [1.807, 2.05) is 19.1 Å². The van der Waals surface area contributed by atoms with Crippen molar-refractivity contribution in [3.8, 4) is 0 Å². The molecule has 2 N–H and O–H groups in total. The van der Waals surface area contributed by atoms with E-state index in [4.69, 9.17) is 5.11 Å². The van der Waals surface area contributed by atoms with Gasteiger partial charge in [-0.25, -0.2) is 0 Å². The van der Waals surface area contributed by atoms with Crippen LogP contribution >= 0.6 is 0 Å². The fourth-order valence-corrected chi connectivity index (χ4v) is 3.21. The van der Waals surface area contributed by atoms with Crippen molar-refractivity contribution in [1.82, 2.24) is 4.90 Å². The van der Waals surface area contributed by atoms with E-state index in [0.717, 1.165) is 42.7 Å². The van der Waals surface area contributed by atoms with E-state index in [1.165, 1.54) is 12.5 Å². The number of aliphatic carboxylic acids is 1. The van der Waals surface area contributed by atoms with Crippen molar-refractivity contribution in [2.75, 3.05) is 18.9 Å². The van der Waals surface area contributed by atoms with Crippen molar-refractivity contribution in [3.63, 3.8) is 0 Å². The van der Waals surface area contributed by atoms with Crippen LogP contribution in [-0.2, 0) is 22.6 Å². The summed E-state index contributed by atoms with van der Waals surface area (Å²) in [6, 6.07) is 3.91. The van der Waals surface area contributed by atoms with Gasteiger partial charge in [0.15, 0.2) is 0 Å². The number of benzene rings is 1. The van der Waals surface area contributed by atoms with Gasteiger partial charge in [0.25, 0.3) is 0 Å². The summed E-state index contributed by atoms with van der Waals surface area (Å²) >= 11 is 0. The topological polar surface area (TPSA) is 69.6 Å². The lowest BCUT2D eigenvalue weighted by atomic mass is 9.84. The number of carboxylic acid groups (broad SMARTS) is 1. The standard InChI is InChI=1S/C17H24N2O3/c1-4-12(9-17(21)22)13-5-6-16(18-11(2)20)14-7-8-19(3)10-15(13)14/h5-6,12H,4,7-10H2,1-3H3,(H,18,20)(H,21,22). The smallest absolute Gasteiger partial charge is 0.303 e. The average Bonchev–Trinajstić information content (AvgIpc) is 2.44. The SMILES string of the molecule is CCC(CC(=O)O)c1ccc(NC(C)=O)c2c1CN(C)CC2. The number of carbonyl (C=O) groups is 2. The lowest BCUT2D eigenvalue weighted by molar-refractivity contribution is -0.137. The molecule has 0 aliphatic carbocycles. The molecule has 0 bridgehead atoms. The second-order valence-electron chi connectivity index (χ2n) is 6.03. The molecule has 5 nitrogen and oxygen atoms in total. The normalized spacial score (nSPS) is 16.0. The molecule has 0 spiro atoms. The van der Waals surface area contributed by atoms with Gasteiger partial charge in [-0.3, -0.25) is 9.59 Å². The summed E-state index contributed by atoms with van der Waals surface area (Å²) in [5.74, 6) is -0.828. The van der Waals surface area contributed by atoms with Gasteiger partial charge in [-0.15, -0.1) is 0 Å². The summed E-state index contributed by atoms with van der Waals surface area (Å²) in [5.41, 5.74) is 4.33. The van der Waals surface area contributed by atoms with Gasteiger partial charge >= 0.3 is 5.97 Å². The molecule has 22 heavy (non-hydrogen) atoms. The van der Waals surface area contributed by atoms with Crippen LogP contribution in [0.5, 0.6) is 0 Å². The molecule has 1 amide bonds. The second kappa shape index (κ2) is 6.92. The minimum atomic E-state index is -0.768. The van der Waals surface area contributed by atoms with Crippen LogP contribution in [0, 0.1) is 0 Å². The molecule has 0 saturated heterocycles. The fraction of sp³-hybridized carbons (Fsp3) is 0.529. The number of carboxylic acids is 1. The largest absolute Gasteiger partial charge is 0.481 e. The van der Waals surface area contributed by atoms with E-state index in [9.17, 15) is 9.59 Å². The van der Waals surface area contributed by atoms with Crippen molar-refractivity contribution < 1.29 is 14.7 Å². The van der Waals surface area contributed by atoms with Gasteiger partial charge in [0.2, 0.25) is 5.91 Å². The highest BCUT2D eigenvalue weighted by atomic mass is 16.4. The molecule has 1 aliphatic heterocycles. The molecule has 0 aromatic heterocycles. The zero-order chi connectivity index (χ0) is 16.3. The second-order valence-corrected chi connectivity index (χ2v) is 6.03. The van der Waals surface area contributed by atoms with Gasteiger partial charge in [0.05, 0.1) is 6.42 Å². The summed E-state index contributed by atoms with van der Waals surface area (Å²) in [6.45, 7) is 5.27. The van der Waals surface area contributed by atoms with Crippen LogP contribution in [-0.4, -0.2) is 35.5 Å². The molecule has 0 saturated carbocycles. The Hall–Kier alpha value is -1.88. The first kappa shape index (κ1) is 16.5. The monoisotopic (exact) mass is 304 g/mol. The fourth-order valence-electron chi connectivity index (χ4n) is 3.21. The zero-order valence-electron chi connectivity index (χ0n) is 13.5. The predicted molar refractivity (Wildman–Crippen MR) is 86.1 cm³/mol. The maximum absolute atomic E-state index is 11.4. The Kier molecular flexibility index (Phi) is 5.19. The average molecular weight is 304 g/mol. The first-order chi connectivity index (χ1) is 10.4. The number of fused-ring (bicyclic) bond motifs is 1. The van der Waals surface area contributed by atoms with Crippen LogP contribution in [0.4, 0.5) is 5.69 Å². The molecule has 1 atom stereocenters. The number of nitrogens with one attached hydrogen (secondary N) is 1. The zero-order valence-corrected chi connectivity index (χ0v) is 13.5. The van der Waals surface area contributed by atoms with Crippen LogP contribution in [0.3, 0.4) is 0 Å². The highest BCUT2D eigenvalue weighted by molar-refractivity contribution is 5.90. The highest BCUT2D eigenvalue weighted by Crippen LogP contribution is 2.35. The minimum Gasteiger partial charge on any atom is -0.481 e.